The maximum atomic E-state index is 11.6. The number of ether oxygens (including phenoxy) is 1. The van der Waals surface area contributed by atoms with Crippen LogP contribution in [0.15, 0.2) is 24.0 Å². The van der Waals surface area contributed by atoms with Crippen molar-refractivity contribution in [2.75, 3.05) is 7.11 Å². The quantitative estimate of drug-likeness (QED) is 0.843. The SMILES string of the molecule is COC(=O)c1sccc1-n1cncc1C(C)N. The van der Waals surface area contributed by atoms with E-state index in [9.17, 15) is 4.79 Å². The Morgan fingerprint density at radius 1 is 1.65 bits per heavy atom. The van der Waals surface area contributed by atoms with Crippen molar-refractivity contribution < 1.29 is 9.53 Å². The lowest BCUT2D eigenvalue weighted by Gasteiger charge is -2.10. The van der Waals surface area contributed by atoms with Crippen LogP contribution >= 0.6 is 11.3 Å². The molecule has 2 aromatic rings. The molecule has 0 bridgehead atoms. The highest BCUT2D eigenvalue weighted by molar-refractivity contribution is 7.12. The monoisotopic (exact) mass is 251 g/mol. The number of rotatable bonds is 3. The highest BCUT2D eigenvalue weighted by Gasteiger charge is 2.17. The van der Waals surface area contributed by atoms with Crippen LogP contribution < -0.4 is 5.73 Å². The van der Waals surface area contributed by atoms with E-state index in [1.165, 1.54) is 18.4 Å². The molecule has 0 spiro atoms. The highest BCUT2D eigenvalue weighted by Crippen LogP contribution is 2.24. The average molecular weight is 251 g/mol. The topological polar surface area (TPSA) is 70.1 Å². The molecular weight excluding hydrogens is 238 g/mol. The van der Waals surface area contributed by atoms with Gasteiger partial charge in [-0.05, 0) is 18.4 Å². The summed E-state index contributed by atoms with van der Waals surface area (Å²) < 4.78 is 6.55. The predicted molar refractivity (Wildman–Crippen MR) is 65.4 cm³/mol. The average Bonchev–Trinajstić information content (AvgIpc) is 2.95. The number of esters is 1. The van der Waals surface area contributed by atoms with Gasteiger partial charge in [-0.3, -0.25) is 4.57 Å². The van der Waals surface area contributed by atoms with Crippen molar-refractivity contribution in [2.45, 2.75) is 13.0 Å². The van der Waals surface area contributed by atoms with E-state index in [-0.39, 0.29) is 12.0 Å². The summed E-state index contributed by atoms with van der Waals surface area (Å²) in [5.74, 6) is -0.348. The Kier molecular flexibility index (Phi) is 3.26. The van der Waals surface area contributed by atoms with Crippen molar-refractivity contribution in [3.05, 3.63) is 34.5 Å². The van der Waals surface area contributed by atoms with Crippen LogP contribution in [-0.4, -0.2) is 22.6 Å². The lowest BCUT2D eigenvalue weighted by atomic mass is 10.2. The van der Waals surface area contributed by atoms with E-state index in [0.717, 1.165) is 11.4 Å². The molecule has 0 aliphatic rings. The summed E-state index contributed by atoms with van der Waals surface area (Å²) in [6, 6.07) is 1.70. The van der Waals surface area contributed by atoms with Crippen LogP contribution in [0, 0.1) is 0 Å². The van der Waals surface area contributed by atoms with E-state index in [2.05, 4.69) is 4.98 Å². The van der Waals surface area contributed by atoms with Crippen molar-refractivity contribution in [1.82, 2.24) is 9.55 Å². The second-order valence-corrected chi connectivity index (χ2v) is 4.52. The summed E-state index contributed by atoms with van der Waals surface area (Å²) in [6.07, 6.45) is 3.34. The van der Waals surface area contributed by atoms with Crippen molar-refractivity contribution in [2.24, 2.45) is 5.73 Å². The molecule has 17 heavy (non-hydrogen) atoms. The molecule has 2 aromatic heterocycles. The van der Waals surface area contributed by atoms with Crippen molar-refractivity contribution in [3.63, 3.8) is 0 Å². The first-order valence-electron chi connectivity index (χ1n) is 5.09. The van der Waals surface area contributed by atoms with Crippen LogP contribution in [0.3, 0.4) is 0 Å². The minimum absolute atomic E-state index is 0.150. The summed E-state index contributed by atoms with van der Waals surface area (Å²) in [7, 11) is 1.37. The molecule has 2 heterocycles. The molecule has 0 aromatic carbocycles. The minimum Gasteiger partial charge on any atom is -0.465 e. The fourth-order valence-electron chi connectivity index (χ4n) is 1.58. The zero-order chi connectivity index (χ0) is 12.4. The van der Waals surface area contributed by atoms with Crippen LogP contribution in [0.1, 0.15) is 28.3 Å². The van der Waals surface area contributed by atoms with Crippen molar-refractivity contribution >= 4 is 17.3 Å². The van der Waals surface area contributed by atoms with Crippen LogP contribution in [-0.2, 0) is 4.74 Å². The van der Waals surface area contributed by atoms with Gasteiger partial charge in [-0.25, -0.2) is 9.78 Å². The fraction of sp³-hybridized carbons (Fsp3) is 0.273. The summed E-state index contributed by atoms with van der Waals surface area (Å²) in [6.45, 7) is 1.87. The van der Waals surface area contributed by atoms with Gasteiger partial charge in [0, 0.05) is 6.04 Å². The molecule has 5 nitrogen and oxygen atoms in total. The predicted octanol–water partition coefficient (Wildman–Crippen LogP) is 1.74. The third-order valence-electron chi connectivity index (χ3n) is 2.41. The number of carbonyl (C=O) groups excluding carboxylic acids is 1. The summed E-state index contributed by atoms with van der Waals surface area (Å²) in [4.78, 5) is 16.2. The van der Waals surface area contributed by atoms with E-state index in [4.69, 9.17) is 10.5 Å². The van der Waals surface area contributed by atoms with Gasteiger partial charge < -0.3 is 10.5 Å². The van der Waals surface area contributed by atoms with Gasteiger partial charge >= 0.3 is 5.97 Å². The van der Waals surface area contributed by atoms with Crippen LogP contribution in [0.25, 0.3) is 5.69 Å². The molecule has 1 unspecified atom stereocenters. The zero-order valence-corrected chi connectivity index (χ0v) is 10.4. The first kappa shape index (κ1) is 11.8. The molecular formula is C11H13N3O2S. The van der Waals surface area contributed by atoms with Crippen LogP contribution in [0.4, 0.5) is 0 Å². The Morgan fingerprint density at radius 3 is 3.06 bits per heavy atom. The molecule has 0 aliphatic carbocycles. The van der Waals surface area contributed by atoms with Gasteiger partial charge in [0.15, 0.2) is 0 Å². The number of methoxy groups -OCH3 is 1. The third kappa shape index (κ3) is 2.09. The molecule has 0 aliphatic heterocycles. The second-order valence-electron chi connectivity index (χ2n) is 3.60. The highest BCUT2D eigenvalue weighted by atomic mass is 32.1. The van der Waals surface area contributed by atoms with Crippen molar-refractivity contribution in [1.29, 1.82) is 0 Å². The number of carbonyl (C=O) groups is 1. The molecule has 0 fully saturated rings. The van der Waals surface area contributed by atoms with E-state index < -0.39 is 0 Å². The van der Waals surface area contributed by atoms with Gasteiger partial charge in [0.2, 0.25) is 0 Å². The van der Waals surface area contributed by atoms with E-state index in [1.54, 1.807) is 12.5 Å². The lowest BCUT2D eigenvalue weighted by Crippen LogP contribution is -2.12. The van der Waals surface area contributed by atoms with Crippen LogP contribution in [0.2, 0.25) is 0 Å². The van der Waals surface area contributed by atoms with E-state index >= 15 is 0 Å². The molecule has 0 amide bonds. The molecule has 6 heteroatoms. The molecule has 2 N–H and O–H groups in total. The molecule has 0 radical (unpaired) electrons. The van der Waals surface area contributed by atoms with Crippen molar-refractivity contribution in [3.8, 4) is 5.69 Å². The van der Waals surface area contributed by atoms with Gasteiger partial charge in [-0.2, -0.15) is 0 Å². The second kappa shape index (κ2) is 4.68. The summed E-state index contributed by atoms with van der Waals surface area (Å²) in [5, 5.41) is 1.84. The Balaban J connectivity index is 2.50. The first-order valence-corrected chi connectivity index (χ1v) is 5.97. The number of nitrogens with zero attached hydrogens (tertiary/aromatic N) is 2. The number of nitrogens with two attached hydrogens (primary N) is 1. The maximum absolute atomic E-state index is 11.6. The van der Waals surface area contributed by atoms with E-state index in [0.29, 0.717) is 4.88 Å². The minimum atomic E-state index is -0.348. The Hall–Kier alpha value is -1.66. The van der Waals surface area contributed by atoms with Crippen LogP contribution in [0.5, 0.6) is 0 Å². The maximum Gasteiger partial charge on any atom is 0.350 e. The smallest absolute Gasteiger partial charge is 0.350 e. The molecule has 2 rings (SSSR count). The normalized spacial score (nSPS) is 12.4. The van der Waals surface area contributed by atoms with Gasteiger partial charge in [-0.1, -0.05) is 0 Å². The number of hydrogen-bond acceptors (Lipinski definition) is 5. The van der Waals surface area contributed by atoms with Gasteiger partial charge in [0.1, 0.15) is 4.88 Å². The Bertz CT molecular complexity index is 530. The number of hydrogen-bond donors (Lipinski definition) is 1. The van der Waals surface area contributed by atoms with Gasteiger partial charge in [0.25, 0.3) is 0 Å². The first-order chi connectivity index (χ1) is 8.15. The Morgan fingerprint density at radius 2 is 2.41 bits per heavy atom. The fourth-order valence-corrected chi connectivity index (χ4v) is 2.38. The Labute approximate surface area is 103 Å². The summed E-state index contributed by atoms with van der Waals surface area (Å²) >= 11 is 1.34. The molecule has 0 saturated heterocycles. The zero-order valence-electron chi connectivity index (χ0n) is 9.58. The number of thiophene rings is 1. The number of imidazole rings is 1. The molecule has 90 valence electrons. The van der Waals surface area contributed by atoms with Gasteiger partial charge in [0.05, 0.1) is 31.0 Å². The van der Waals surface area contributed by atoms with Gasteiger partial charge in [-0.15, -0.1) is 11.3 Å². The summed E-state index contributed by atoms with van der Waals surface area (Å²) in [5.41, 5.74) is 7.46. The molecule has 1 atom stereocenters. The molecule has 0 saturated carbocycles. The third-order valence-corrected chi connectivity index (χ3v) is 3.29. The largest absolute Gasteiger partial charge is 0.465 e. The number of aromatic nitrogens is 2. The van der Waals surface area contributed by atoms with E-state index in [1.807, 2.05) is 22.9 Å². The standard InChI is InChI=1S/C11H13N3O2S/c1-7(12)9-5-13-6-14(9)8-3-4-17-10(8)11(15)16-2/h3-7H,12H2,1-2H3. The lowest BCUT2D eigenvalue weighted by molar-refractivity contribution is 0.0606.